The molecule has 1 aliphatic carbocycles. The number of rotatable bonds is 5. The van der Waals surface area contributed by atoms with Crippen molar-refractivity contribution < 1.29 is 4.79 Å². The highest BCUT2D eigenvalue weighted by atomic mass is 16.1. The lowest BCUT2D eigenvalue weighted by atomic mass is 9.72. The summed E-state index contributed by atoms with van der Waals surface area (Å²) in [6.45, 7) is 4.15. The summed E-state index contributed by atoms with van der Waals surface area (Å²) in [5.74, 6) is 0.814. The molecule has 0 fully saturated rings. The average Bonchev–Trinajstić information content (AvgIpc) is 2.34. The first-order valence-corrected chi connectivity index (χ1v) is 6.77. The summed E-state index contributed by atoms with van der Waals surface area (Å²) in [7, 11) is 3.99. The van der Waals surface area contributed by atoms with E-state index in [0.29, 0.717) is 18.1 Å². The zero-order chi connectivity index (χ0) is 13.3. The van der Waals surface area contributed by atoms with Gasteiger partial charge in [0.25, 0.3) is 0 Å². The summed E-state index contributed by atoms with van der Waals surface area (Å²) in [6, 6.07) is 8.48. The van der Waals surface area contributed by atoms with E-state index in [9.17, 15) is 4.79 Å². The second kappa shape index (κ2) is 4.85. The van der Waals surface area contributed by atoms with Crippen molar-refractivity contribution in [3.8, 4) is 0 Å². The molecule has 2 atom stereocenters. The average molecular weight is 245 g/mol. The highest BCUT2D eigenvalue weighted by molar-refractivity contribution is 5.88. The van der Waals surface area contributed by atoms with Crippen LogP contribution in [0.2, 0.25) is 0 Å². The minimum absolute atomic E-state index is 0.315. The Balaban J connectivity index is 2.06. The normalized spacial score (nSPS) is 21.1. The van der Waals surface area contributed by atoms with Gasteiger partial charge in [-0.3, -0.25) is 9.69 Å². The summed E-state index contributed by atoms with van der Waals surface area (Å²) in [5, 5.41) is 0. The second-order valence-corrected chi connectivity index (χ2v) is 5.75. The Labute approximate surface area is 110 Å². The number of nitrogens with zero attached hydrogens (tertiary/aromatic N) is 1. The lowest BCUT2D eigenvalue weighted by Crippen LogP contribution is -2.48. The molecule has 2 unspecified atom stereocenters. The van der Waals surface area contributed by atoms with Crippen molar-refractivity contribution in [2.75, 3.05) is 14.1 Å². The standard InChI is InChI=1S/C16H23NO/c1-5-16(2,17(3)4)15(18)11-13-10-12-8-6-7-9-14(12)13/h6-9,13H,5,10-11H2,1-4H3. The summed E-state index contributed by atoms with van der Waals surface area (Å²) in [5.41, 5.74) is 2.48. The van der Waals surface area contributed by atoms with Crippen molar-refractivity contribution in [2.24, 2.45) is 0 Å². The highest BCUT2D eigenvalue weighted by Crippen LogP contribution is 2.38. The summed E-state index contributed by atoms with van der Waals surface area (Å²) < 4.78 is 0. The maximum atomic E-state index is 12.5. The van der Waals surface area contributed by atoms with Gasteiger partial charge >= 0.3 is 0 Å². The van der Waals surface area contributed by atoms with Crippen LogP contribution in [0.15, 0.2) is 24.3 Å². The van der Waals surface area contributed by atoms with Crippen molar-refractivity contribution in [1.29, 1.82) is 0 Å². The van der Waals surface area contributed by atoms with Gasteiger partial charge in [0.15, 0.2) is 5.78 Å². The summed E-state index contributed by atoms with van der Waals surface area (Å²) in [6.07, 6.45) is 2.61. The van der Waals surface area contributed by atoms with Crippen LogP contribution in [0.1, 0.15) is 43.7 Å². The van der Waals surface area contributed by atoms with Gasteiger partial charge in [0.2, 0.25) is 0 Å². The van der Waals surface area contributed by atoms with Gasteiger partial charge in [-0.15, -0.1) is 0 Å². The smallest absolute Gasteiger partial charge is 0.153 e. The number of likely N-dealkylation sites (N-methyl/N-ethyl adjacent to an activating group) is 1. The van der Waals surface area contributed by atoms with Crippen molar-refractivity contribution >= 4 is 5.78 Å². The van der Waals surface area contributed by atoms with Gasteiger partial charge in [-0.05, 0) is 50.9 Å². The monoisotopic (exact) mass is 245 g/mol. The molecule has 0 aromatic heterocycles. The molecule has 0 radical (unpaired) electrons. The zero-order valence-corrected chi connectivity index (χ0v) is 11.9. The number of carbonyl (C=O) groups is 1. The van der Waals surface area contributed by atoms with E-state index in [2.05, 4.69) is 43.0 Å². The van der Waals surface area contributed by atoms with E-state index in [0.717, 1.165) is 12.8 Å². The van der Waals surface area contributed by atoms with Crippen molar-refractivity contribution in [3.05, 3.63) is 35.4 Å². The molecule has 2 rings (SSSR count). The highest BCUT2D eigenvalue weighted by Gasteiger charge is 2.37. The molecule has 1 aliphatic rings. The molecule has 0 bridgehead atoms. The summed E-state index contributed by atoms with van der Waals surface area (Å²) >= 11 is 0. The van der Waals surface area contributed by atoms with Crippen LogP contribution in [0.5, 0.6) is 0 Å². The van der Waals surface area contributed by atoms with Gasteiger partial charge in [-0.2, -0.15) is 0 Å². The maximum absolute atomic E-state index is 12.5. The lowest BCUT2D eigenvalue weighted by Gasteiger charge is -2.37. The van der Waals surface area contributed by atoms with E-state index in [-0.39, 0.29) is 5.54 Å². The quantitative estimate of drug-likeness (QED) is 0.794. The number of benzene rings is 1. The molecule has 0 N–H and O–H groups in total. The Hall–Kier alpha value is -1.15. The van der Waals surface area contributed by atoms with Gasteiger partial charge in [-0.25, -0.2) is 0 Å². The molecule has 98 valence electrons. The Morgan fingerprint density at radius 2 is 2.06 bits per heavy atom. The topological polar surface area (TPSA) is 20.3 Å². The number of hydrogen-bond acceptors (Lipinski definition) is 2. The van der Waals surface area contributed by atoms with E-state index in [1.807, 2.05) is 14.1 Å². The molecule has 1 aromatic carbocycles. The third-order valence-corrected chi connectivity index (χ3v) is 4.67. The number of fused-ring (bicyclic) bond motifs is 1. The molecule has 2 nitrogen and oxygen atoms in total. The largest absolute Gasteiger partial charge is 0.298 e. The minimum atomic E-state index is -0.315. The predicted molar refractivity (Wildman–Crippen MR) is 74.9 cm³/mol. The van der Waals surface area contributed by atoms with Gasteiger partial charge in [-0.1, -0.05) is 31.2 Å². The third kappa shape index (κ3) is 2.10. The molecule has 0 amide bonds. The molecule has 2 heteroatoms. The van der Waals surface area contributed by atoms with Gasteiger partial charge in [0.1, 0.15) is 0 Å². The van der Waals surface area contributed by atoms with Crippen LogP contribution in [-0.4, -0.2) is 30.3 Å². The fourth-order valence-corrected chi connectivity index (χ4v) is 2.75. The Kier molecular flexibility index (Phi) is 3.58. The molecular weight excluding hydrogens is 222 g/mol. The number of ketones is 1. The van der Waals surface area contributed by atoms with Gasteiger partial charge in [0.05, 0.1) is 5.54 Å². The Bertz CT molecular complexity index is 452. The van der Waals surface area contributed by atoms with E-state index in [1.165, 1.54) is 11.1 Å². The molecule has 0 saturated heterocycles. The number of carbonyl (C=O) groups excluding carboxylic acids is 1. The first-order chi connectivity index (χ1) is 8.49. The zero-order valence-electron chi connectivity index (χ0n) is 11.9. The van der Waals surface area contributed by atoms with Crippen LogP contribution in [-0.2, 0) is 11.2 Å². The van der Waals surface area contributed by atoms with Crippen LogP contribution in [0.3, 0.4) is 0 Å². The van der Waals surface area contributed by atoms with Crippen LogP contribution in [0.25, 0.3) is 0 Å². The van der Waals surface area contributed by atoms with E-state index in [1.54, 1.807) is 0 Å². The number of Topliss-reactive ketones (excluding diaryl/α,β-unsaturated/α-hetero) is 1. The fourth-order valence-electron chi connectivity index (χ4n) is 2.75. The van der Waals surface area contributed by atoms with E-state index < -0.39 is 0 Å². The first kappa shape index (κ1) is 13.3. The maximum Gasteiger partial charge on any atom is 0.153 e. The molecule has 18 heavy (non-hydrogen) atoms. The minimum Gasteiger partial charge on any atom is -0.298 e. The van der Waals surface area contributed by atoms with Crippen molar-refractivity contribution in [1.82, 2.24) is 4.90 Å². The molecule has 0 spiro atoms. The van der Waals surface area contributed by atoms with E-state index in [4.69, 9.17) is 0 Å². The van der Waals surface area contributed by atoms with Crippen LogP contribution >= 0.6 is 0 Å². The molecule has 1 aromatic rings. The SMILES string of the molecule is CCC(C)(C(=O)CC1Cc2ccccc21)N(C)C. The first-order valence-electron chi connectivity index (χ1n) is 6.77. The Morgan fingerprint density at radius 1 is 1.39 bits per heavy atom. The second-order valence-electron chi connectivity index (χ2n) is 5.75. The number of hydrogen-bond donors (Lipinski definition) is 0. The van der Waals surface area contributed by atoms with Gasteiger partial charge < -0.3 is 0 Å². The van der Waals surface area contributed by atoms with Gasteiger partial charge in [0, 0.05) is 6.42 Å². The predicted octanol–water partition coefficient (Wildman–Crippen LogP) is 3.02. The van der Waals surface area contributed by atoms with Crippen LogP contribution in [0, 0.1) is 0 Å². The molecule has 0 saturated carbocycles. The van der Waals surface area contributed by atoms with Crippen molar-refractivity contribution in [3.63, 3.8) is 0 Å². The molecule has 0 heterocycles. The lowest BCUT2D eigenvalue weighted by molar-refractivity contribution is -0.129. The summed E-state index contributed by atoms with van der Waals surface area (Å²) in [4.78, 5) is 14.6. The Morgan fingerprint density at radius 3 is 2.61 bits per heavy atom. The van der Waals surface area contributed by atoms with Crippen LogP contribution < -0.4 is 0 Å². The molecular formula is C16H23NO. The fraction of sp³-hybridized carbons (Fsp3) is 0.562. The van der Waals surface area contributed by atoms with E-state index >= 15 is 0 Å². The molecule has 0 aliphatic heterocycles. The third-order valence-electron chi connectivity index (χ3n) is 4.67. The van der Waals surface area contributed by atoms with Crippen molar-refractivity contribution in [2.45, 2.75) is 44.6 Å². The van der Waals surface area contributed by atoms with Crippen LogP contribution in [0.4, 0.5) is 0 Å².